The predicted molar refractivity (Wildman–Crippen MR) is 337 cm³/mol. The van der Waals surface area contributed by atoms with Crippen LogP contribution in [0, 0.1) is 5.92 Å². The van der Waals surface area contributed by atoms with Gasteiger partial charge < -0.3 is 54.7 Å². The Kier molecular flexibility index (Phi) is 21.3. The van der Waals surface area contributed by atoms with Crippen molar-refractivity contribution in [3.8, 4) is 23.0 Å². The molecule has 0 spiro atoms. The second kappa shape index (κ2) is 29.5. The van der Waals surface area contributed by atoms with Crippen LogP contribution in [-0.4, -0.2) is 125 Å². The van der Waals surface area contributed by atoms with E-state index in [1.54, 1.807) is 72.2 Å². The lowest BCUT2D eigenvalue weighted by atomic mass is 10.0. The second-order valence-corrected chi connectivity index (χ2v) is 24.5. The minimum Gasteiger partial charge on any atom is -0.493 e. The summed E-state index contributed by atoms with van der Waals surface area (Å²) in [4.78, 5) is 127. The molecular formula is C65H75N9O17S. The number of fused-ring (bicyclic) bond motifs is 5. The zero-order valence-corrected chi connectivity index (χ0v) is 52.8. The highest BCUT2D eigenvalue weighted by atomic mass is 32.2. The molecule has 4 aliphatic rings. The molecule has 1 unspecified atom stereocenters. The maximum Gasteiger partial charge on any atom is 0.414 e. The highest BCUT2D eigenvalue weighted by Gasteiger charge is 2.43. The van der Waals surface area contributed by atoms with Gasteiger partial charge in [0.25, 0.3) is 23.6 Å². The minimum atomic E-state index is -4.59. The molecule has 1 saturated heterocycles. The highest BCUT2D eigenvalue weighted by molar-refractivity contribution is 7.88. The van der Waals surface area contributed by atoms with E-state index in [4.69, 9.17) is 34.3 Å². The number of nitrogen functional groups attached to an aromatic ring is 1. The molecule has 27 heteroatoms. The van der Waals surface area contributed by atoms with Crippen LogP contribution in [0.1, 0.15) is 123 Å². The number of amides is 8. The smallest absolute Gasteiger partial charge is 0.414 e. The van der Waals surface area contributed by atoms with Crippen LogP contribution in [0.15, 0.2) is 97.1 Å². The molecule has 0 bridgehead atoms. The molecule has 5 aromatic rings. The van der Waals surface area contributed by atoms with E-state index < -0.39 is 75.9 Å². The number of unbranched alkanes of at least 4 members (excludes halogenated alkanes) is 3. The molecule has 4 atom stereocenters. The molecule has 9 rings (SSSR count). The van der Waals surface area contributed by atoms with E-state index in [1.807, 2.05) is 60.2 Å². The zero-order chi connectivity index (χ0) is 66.0. The molecule has 4 heterocycles. The number of benzene rings is 5. The van der Waals surface area contributed by atoms with E-state index in [-0.39, 0.29) is 98.8 Å². The van der Waals surface area contributed by atoms with E-state index in [2.05, 4.69) is 15.4 Å². The molecule has 26 nitrogen and oxygen atoms in total. The SMILES string of the molecule is COc1cc(C(=O)N2c3ccccc3C[C@H]2C)c(N)cc1OCCCCCOc1cc2c(cc1OC)C(=O)N1c3ccccc3C[C@H]1CN2C(=O)OCc1ccc(NC(=O)[C@H](C)NC(=O)C(NS(=O)(=O)NC(=O)CCCCC(=O)ON2C(=O)CCC2=O)C(C)C)cc1. The number of nitrogens with one attached hydrogen (secondary N) is 4. The second-order valence-electron chi connectivity index (χ2n) is 23.1. The van der Waals surface area contributed by atoms with Gasteiger partial charge in [0.2, 0.25) is 17.7 Å². The number of nitrogens with zero attached hydrogens (tertiary/aromatic N) is 4. The van der Waals surface area contributed by atoms with Gasteiger partial charge in [-0.1, -0.05) is 62.4 Å². The quantitative estimate of drug-likeness (QED) is 0.0204. The summed E-state index contributed by atoms with van der Waals surface area (Å²) in [7, 11) is -1.62. The third-order valence-electron chi connectivity index (χ3n) is 16.1. The van der Waals surface area contributed by atoms with Gasteiger partial charge in [-0.25, -0.2) is 14.3 Å². The molecular weight excluding hydrogens is 1210 g/mol. The summed E-state index contributed by atoms with van der Waals surface area (Å²) < 4.78 is 59.7. The van der Waals surface area contributed by atoms with E-state index >= 15 is 0 Å². The van der Waals surface area contributed by atoms with Crippen molar-refractivity contribution in [3.63, 3.8) is 0 Å². The molecule has 0 aromatic heterocycles. The lowest BCUT2D eigenvalue weighted by molar-refractivity contribution is -0.197. The zero-order valence-electron chi connectivity index (χ0n) is 51.9. The number of carbonyl (C=O) groups excluding carboxylic acids is 9. The van der Waals surface area contributed by atoms with Gasteiger partial charge in [-0.05, 0) is 118 Å². The molecule has 6 N–H and O–H groups in total. The molecule has 488 valence electrons. The Morgan fingerprint density at radius 1 is 0.696 bits per heavy atom. The highest BCUT2D eigenvalue weighted by Crippen LogP contribution is 2.43. The monoisotopic (exact) mass is 1290 g/mol. The first-order chi connectivity index (χ1) is 44.0. The summed E-state index contributed by atoms with van der Waals surface area (Å²) in [5.74, 6) is -4.39. The van der Waals surface area contributed by atoms with Crippen molar-refractivity contribution in [3.05, 3.63) is 125 Å². The number of para-hydroxylation sites is 2. The van der Waals surface area contributed by atoms with Crippen LogP contribution in [-0.2, 0) is 68.0 Å². The first kappa shape index (κ1) is 66.7. The third kappa shape index (κ3) is 15.7. The van der Waals surface area contributed by atoms with E-state index in [9.17, 15) is 51.6 Å². The topological polar surface area (TPSA) is 330 Å². The standard InChI is InChI=1S/C65H75N9O17S/c1-38(2)60(70-92(84,85)69-56(75)20-12-13-21-59(78)91-74-57(76)26-27-58(74)77)62(80)67-40(4)61(79)68-44-24-22-41(23-25-44)37-90-65(83)71-36-45-31-43-17-9-11-19-50(43)73(45)64(82)47-33-53(87-6)55(35-51(47)71)89-29-15-7-14-28-88-54-34-48(66)46(32-52(54)86-5)63(81)72-39(3)30-42-16-8-10-18-49(42)72/h8-11,16-19,22-25,32-35,38-40,45,60,70H,7,12-15,20-21,26-31,36-37,66H2,1-6H3,(H,67,80)(H,68,79)(H,69,75)/t39-,40+,45+,60?/m1/s1. The van der Waals surface area contributed by atoms with Crippen LogP contribution < -0.4 is 59.5 Å². The van der Waals surface area contributed by atoms with Gasteiger partial charge in [0.05, 0.1) is 56.8 Å². The maximum absolute atomic E-state index is 14.6. The maximum atomic E-state index is 14.6. The minimum absolute atomic E-state index is 0.0398. The van der Waals surface area contributed by atoms with Gasteiger partial charge in [-0.2, -0.15) is 13.1 Å². The average Bonchev–Trinajstić information content (AvgIpc) is 1.60. The summed E-state index contributed by atoms with van der Waals surface area (Å²) in [6, 6.07) is 25.1. The number of hydroxylamine groups is 2. The van der Waals surface area contributed by atoms with Crippen LogP contribution in [0.3, 0.4) is 0 Å². The molecule has 0 saturated carbocycles. The lowest BCUT2D eigenvalue weighted by Crippen LogP contribution is -2.56. The molecule has 0 radical (unpaired) electrons. The lowest BCUT2D eigenvalue weighted by Gasteiger charge is -2.26. The van der Waals surface area contributed by atoms with Gasteiger partial charge in [-0.15, -0.1) is 5.06 Å². The van der Waals surface area contributed by atoms with Crippen molar-refractivity contribution < 1.29 is 80.1 Å². The van der Waals surface area contributed by atoms with Gasteiger partial charge >= 0.3 is 22.3 Å². The summed E-state index contributed by atoms with van der Waals surface area (Å²) in [6.45, 7) is 6.97. The van der Waals surface area contributed by atoms with Crippen LogP contribution >= 0.6 is 0 Å². The number of methoxy groups -OCH3 is 2. The molecule has 4 aliphatic heterocycles. The van der Waals surface area contributed by atoms with Crippen molar-refractivity contribution in [2.24, 2.45) is 5.92 Å². The first-order valence-corrected chi connectivity index (χ1v) is 31.8. The average molecular weight is 1290 g/mol. The van der Waals surface area contributed by atoms with Crippen LogP contribution in [0.5, 0.6) is 23.0 Å². The van der Waals surface area contributed by atoms with Gasteiger partial charge in [0.1, 0.15) is 18.7 Å². The van der Waals surface area contributed by atoms with Crippen molar-refractivity contribution in [1.82, 2.24) is 19.8 Å². The normalized spacial score (nSPS) is 16.4. The fraction of sp³-hybridized carbons (Fsp3) is 0.400. The van der Waals surface area contributed by atoms with Gasteiger partial charge in [0.15, 0.2) is 23.0 Å². The van der Waals surface area contributed by atoms with E-state index in [1.165, 1.54) is 26.0 Å². The Morgan fingerprint density at radius 2 is 1.32 bits per heavy atom. The Morgan fingerprint density at radius 3 is 1.98 bits per heavy atom. The Labute approximate surface area is 532 Å². The number of nitrogens with two attached hydrogens (primary N) is 1. The number of ether oxygens (including phenoxy) is 5. The molecule has 0 aliphatic carbocycles. The van der Waals surface area contributed by atoms with Crippen molar-refractivity contribution in [1.29, 1.82) is 0 Å². The summed E-state index contributed by atoms with van der Waals surface area (Å²) in [5, 5.41) is 5.60. The first-order valence-electron chi connectivity index (χ1n) is 30.4. The summed E-state index contributed by atoms with van der Waals surface area (Å²) in [5.41, 5.74) is 12.0. The number of anilines is 5. The fourth-order valence-corrected chi connectivity index (χ4v) is 12.4. The Hall–Kier alpha value is -9.76. The molecule has 1 fully saturated rings. The summed E-state index contributed by atoms with van der Waals surface area (Å²) >= 11 is 0. The van der Waals surface area contributed by atoms with Crippen LogP contribution in [0.2, 0.25) is 0 Å². The Bertz CT molecular complexity index is 3750. The largest absolute Gasteiger partial charge is 0.493 e. The molecule has 92 heavy (non-hydrogen) atoms. The van der Waals surface area contributed by atoms with Crippen LogP contribution in [0.4, 0.5) is 33.2 Å². The molecule has 5 aromatic carbocycles. The third-order valence-corrected chi connectivity index (χ3v) is 17.1. The fourth-order valence-electron chi connectivity index (χ4n) is 11.3. The number of imide groups is 1. The van der Waals surface area contributed by atoms with Crippen LogP contribution in [0.25, 0.3) is 0 Å². The van der Waals surface area contributed by atoms with Gasteiger partial charge in [0, 0.05) is 66.6 Å². The van der Waals surface area contributed by atoms with Crippen molar-refractivity contribution in [2.45, 2.75) is 129 Å². The van der Waals surface area contributed by atoms with Crippen molar-refractivity contribution in [2.75, 3.05) is 59.7 Å². The molecule has 8 amide bonds. The number of hydrogen-bond acceptors (Lipinski definition) is 18. The summed E-state index contributed by atoms with van der Waals surface area (Å²) in [6.07, 6.45) is 1.84. The van der Waals surface area contributed by atoms with E-state index in [0.717, 1.165) is 28.9 Å². The predicted octanol–water partition coefficient (Wildman–Crippen LogP) is 6.82. The number of carbonyl (C=O) groups is 9. The Balaban J connectivity index is 0.763. The number of rotatable bonds is 27. The van der Waals surface area contributed by atoms with Crippen molar-refractivity contribution >= 4 is 92.1 Å². The van der Waals surface area contributed by atoms with E-state index in [0.29, 0.717) is 71.4 Å². The number of hydrogen-bond donors (Lipinski definition) is 5. The van der Waals surface area contributed by atoms with Gasteiger partial charge in [-0.3, -0.25) is 38.5 Å².